The minimum absolute atomic E-state index is 0.0520. The van der Waals surface area contributed by atoms with Gasteiger partial charge in [0.05, 0.1) is 0 Å². The number of rotatable bonds is 6. The highest BCUT2D eigenvalue weighted by Crippen LogP contribution is 2.42. The first-order valence-corrected chi connectivity index (χ1v) is 6.85. The Morgan fingerprint density at radius 2 is 1.06 bits per heavy atom. The third kappa shape index (κ3) is 3.85. The van der Waals surface area contributed by atoms with Crippen molar-refractivity contribution in [2.24, 2.45) is 0 Å². The van der Waals surface area contributed by atoms with E-state index in [1.165, 1.54) is 13.8 Å². The fourth-order valence-electron chi connectivity index (χ4n) is 1.02. The van der Waals surface area contributed by atoms with E-state index in [0.717, 1.165) is 0 Å². The lowest BCUT2D eigenvalue weighted by Gasteiger charge is -2.33. The van der Waals surface area contributed by atoms with E-state index in [2.05, 4.69) is 8.85 Å². The maximum Gasteiger partial charge on any atom is 0.573 e. The maximum absolute atomic E-state index is 12.6. The fraction of sp³-hybridized carbons (Fsp3) is 1.00. The van der Waals surface area contributed by atoms with Gasteiger partial charge in [-0.25, -0.2) is 0 Å². The molecule has 0 saturated heterocycles. The molecule has 0 aliphatic heterocycles. The summed E-state index contributed by atoms with van der Waals surface area (Å²) in [5.74, 6) is -11.1. The van der Waals surface area contributed by atoms with E-state index in [0.29, 0.717) is 0 Å². The third-order valence-electron chi connectivity index (χ3n) is 1.77. The van der Waals surface area contributed by atoms with E-state index >= 15 is 0 Å². The topological polar surface area (TPSA) is 18.5 Å². The highest BCUT2D eigenvalue weighted by molar-refractivity contribution is 6.71. The molecule has 0 atom stereocenters. The summed E-state index contributed by atoms with van der Waals surface area (Å²) in [5, 5.41) is 0. The molecule has 0 aliphatic rings. The Balaban J connectivity index is 5.22. The van der Waals surface area contributed by atoms with Crippen LogP contribution in [0.15, 0.2) is 0 Å². The summed E-state index contributed by atoms with van der Waals surface area (Å²) in [7, 11) is -6.24. The molecular weight excluding hydrogens is 270 g/mol. The van der Waals surface area contributed by atoms with Crippen LogP contribution in [0.4, 0.5) is 26.3 Å². The number of halogens is 6. The fourth-order valence-corrected chi connectivity index (χ4v) is 3.06. The van der Waals surface area contributed by atoms with Crippen molar-refractivity contribution in [2.75, 3.05) is 13.2 Å². The molecule has 0 heterocycles. The van der Waals surface area contributed by atoms with Crippen LogP contribution in [0, 0.1) is 0 Å². The van der Waals surface area contributed by atoms with Gasteiger partial charge >= 0.3 is 20.2 Å². The van der Waals surface area contributed by atoms with Crippen LogP contribution in [-0.4, -0.2) is 33.4 Å². The van der Waals surface area contributed by atoms with Gasteiger partial charge in [0.1, 0.15) is 0 Å². The van der Waals surface area contributed by atoms with Crippen molar-refractivity contribution >= 4 is 8.56 Å². The second-order valence-corrected chi connectivity index (χ2v) is 6.25. The minimum atomic E-state index is -6.24. The first-order valence-electron chi connectivity index (χ1n) is 5.03. The van der Waals surface area contributed by atoms with Crippen LogP contribution in [0.3, 0.4) is 0 Å². The van der Waals surface area contributed by atoms with Crippen molar-refractivity contribution in [2.45, 2.75) is 38.3 Å². The van der Waals surface area contributed by atoms with Gasteiger partial charge in [-0.05, 0) is 12.8 Å². The van der Waals surface area contributed by atoms with Crippen molar-refractivity contribution < 1.29 is 35.2 Å². The number of alkyl halides is 6. The predicted octanol–water partition coefficient (Wildman–Crippen LogP) is 3.48. The Morgan fingerprint density at radius 3 is 1.24 bits per heavy atom. The summed E-state index contributed by atoms with van der Waals surface area (Å²) in [4.78, 5) is 0. The molecule has 0 saturated carbocycles. The molecule has 0 N–H and O–H groups in total. The lowest BCUT2D eigenvalue weighted by atomic mass is 10.5. The van der Waals surface area contributed by atoms with Crippen LogP contribution in [-0.2, 0) is 8.85 Å². The number of hydrogen-bond acceptors (Lipinski definition) is 2. The molecule has 17 heavy (non-hydrogen) atoms. The summed E-state index contributed by atoms with van der Waals surface area (Å²) in [6.07, 6.45) is 0.104. The molecule has 0 radical (unpaired) electrons. The highest BCUT2D eigenvalue weighted by Gasteiger charge is 2.79. The standard InChI is InChI=1S/C8H14F6O2Si/c1-3-5-15-17(7(9,10)11,8(12,13)14)16-6-4-2/h3-6H2,1-2H3. The Hall–Kier alpha value is -0.283. The van der Waals surface area contributed by atoms with Gasteiger partial charge in [0.15, 0.2) is 0 Å². The van der Waals surface area contributed by atoms with Gasteiger partial charge in [-0.2, -0.15) is 26.3 Å². The van der Waals surface area contributed by atoms with E-state index in [1.807, 2.05) is 0 Å². The van der Waals surface area contributed by atoms with Gasteiger partial charge < -0.3 is 8.85 Å². The van der Waals surface area contributed by atoms with Gasteiger partial charge in [-0.1, -0.05) is 13.8 Å². The van der Waals surface area contributed by atoms with E-state index < -0.39 is 33.4 Å². The minimum Gasteiger partial charge on any atom is -0.383 e. The van der Waals surface area contributed by atoms with Crippen molar-refractivity contribution in [3.63, 3.8) is 0 Å². The summed E-state index contributed by atoms with van der Waals surface area (Å²) in [6, 6.07) is 0. The molecule has 0 amide bonds. The second kappa shape index (κ2) is 6.05. The quantitative estimate of drug-likeness (QED) is 0.549. The molecule has 0 unspecified atom stereocenters. The van der Waals surface area contributed by atoms with Crippen molar-refractivity contribution in [1.29, 1.82) is 0 Å². The molecule has 0 aromatic carbocycles. The molecular formula is C8H14F6O2Si. The Morgan fingerprint density at radius 1 is 0.765 bits per heavy atom. The van der Waals surface area contributed by atoms with Crippen LogP contribution in [0.2, 0.25) is 0 Å². The lowest BCUT2D eigenvalue weighted by Crippen LogP contribution is -2.67. The zero-order valence-corrected chi connectivity index (χ0v) is 10.4. The second-order valence-electron chi connectivity index (χ2n) is 3.31. The molecule has 104 valence electrons. The SMILES string of the molecule is CCCO[Si](OCCC)(C(F)(F)F)C(F)(F)F. The van der Waals surface area contributed by atoms with Crippen LogP contribution in [0.25, 0.3) is 0 Å². The normalized spacial score (nSPS) is 14.1. The third-order valence-corrected chi connectivity index (χ3v) is 4.48. The smallest absolute Gasteiger partial charge is 0.383 e. The summed E-state index contributed by atoms with van der Waals surface area (Å²) < 4.78 is 83.8. The maximum atomic E-state index is 12.6. The van der Waals surface area contributed by atoms with E-state index in [-0.39, 0.29) is 12.8 Å². The van der Waals surface area contributed by atoms with Gasteiger partial charge in [-0.15, -0.1) is 0 Å². The first kappa shape index (κ1) is 16.7. The zero-order chi connectivity index (χ0) is 13.7. The van der Waals surface area contributed by atoms with Gasteiger partial charge in [0.2, 0.25) is 0 Å². The van der Waals surface area contributed by atoms with Crippen LogP contribution >= 0.6 is 0 Å². The van der Waals surface area contributed by atoms with Crippen molar-refractivity contribution in [3.8, 4) is 0 Å². The average molecular weight is 284 g/mol. The molecule has 0 rings (SSSR count). The summed E-state index contributed by atoms with van der Waals surface area (Å²) in [5.41, 5.74) is 0. The van der Waals surface area contributed by atoms with E-state index in [9.17, 15) is 26.3 Å². The molecule has 0 spiro atoms. The molecule has 0 aromatic heterocycles. The average Bonchev–Trinajstić information content (AvgIpc) is 2.14. The first-order chi connectivity index (χ1) is 7.62. The molecule has 0 aliphatic carbocycles. The summed E-state index contributed by atoms with van der Waals surface area (Å²) >= 11 is 0. The Labute approximate surface area is 96.1 Å². The van der Waals surface area contributed by atoms with Crippen molar-refractivity contribution in [1.82, 2.24) is 0 Å². The van der Waals surface area contributed by atoms with E-state index in [4.69, 9.17) is 0 Å². The van der Waals surface area contributed by atoms with E-state index in [1.54, 1.807) is 0 Å². The highest BCUT2D eigenvalue weighted by atomic mass is 28.4. The number of hydrogen-bond donors (Lipinski definition) is 0. The van der Waals surface area contributed by atoms with Crippen LogP contribution in [0.5, 0.6) is 0 Å². The van der Waals surface area contributed by atoms with Crippen LogP contribution in [0.1, 0.15) is 26.7 Å². The Kier molecular flexibility index (Phi) is 5.95. The van der Waals surface area contributed by atoms with Gasteiger partial charge in [0.25, 0.3) is 0 Å². The molecule has 9 heteroatoms. The molecule has 0 aromatic rings. The molecule has 0 bridgehead atoms. The summed E-state index contributed by atoms with van der Waals surface area (Å²) in [6.45, 7) is 1.58. The largest absolute Gasteiger partial charge is 0.573 e. The molecule has 0 fully saturated rings. The predicted molar refractivity (Wildman–Crippen MR) is 50.4 cm³/mol. The van der Waals surface area contributed by atoms with Crippen LogP contribution < -0.4 is 0 Å². The van der Waals surface area contributed by atoms with Gasteiger partial charge in [-0.3, -0.25) is 0 Å². The Bertz CT molecular complexity index is 203. The zero-order valence-electron chi connectivity index (χ0n) is 9.41. The molecule has 2 nitrogen and oxygen atoms in total. The monoisotopic (exact) mass is 284 g/mol. The lowest BCUT2D eigenvalue weighted by molar-refractivity contribution is -0.170. The van der Waals surface area contributed by atoms with Gasteiger partial charge in [0, 0.05) is 13.2 Å². The van der Waals surface area contributed by atoms with Crippen molar-refractivity contribution in [3.05, 3.63) is 0 Å².